The molecule has 5 nitrogen and oxygen atoms in total. The highest BCUT2D eigenvalue weighted by Gasteiger charge is 2.25. The van der Waals surface area contributed by atoms with E-state index in [0.29, 0.717) is 5.70 Å². The minimum atomic E-state index is -1.04. The van der Waals surface area contributed by atoms with Crippen LogP contribution in [0.5, 0.6) is 0 Å². The fourth-order valence-electron chi connectivity index (χ4n) is 1.44. The lowest BCUT2D eigenvalue weighted by atomic mass is 9.99. The average molecular weight is 211 g/mol. The maximum Gasteiger partial charge on any atom is 0.339 e. The number of rotatable bonds is 2. The maximum absolute atomic E-state index is 11.3. The molecule has 82 valence electrons. The molecular weight excluding hydrogens is 198 g/mol. The van der Waals surface area contributed by atoms with Crippen molar-refractivity contribution in [3.63, 3.8) is 0 Å². The van der Waals surface area contributed by atoms with Gasteiger partial charge in [-0.1, -0.05) is 0 Å². The van der Waals surface area contributed by atoms with E-state index in [9.17, 15) is 9.59 Å². The summed E-state index contributed by atoms with van der Waals surface area (Å²) in [7, 11) is 1.26. The third-order valence-electron chi connectivity index (χ3n) is 2.26. The normalized spacial score (nSPS) is 20.5. The summed E-state index contributed by atoms with van der Waals surface area (Å²) < 4.78 is 4.55. The molecule has 2 N–H and O–H groups in total. The lowest BCUT2D eigenvalue weighted by Crippen LogP contribution is -2.34. The minimum absolute atomic E-state index is 0.154. The van der Waals surface area contributed by atoms with Crippen LogP contribution in [0.3, 0.4) is 0 Å². The molecule has 0 amide bonds. The predicted octanol–water partition coefficient (Wildman–Crippen LogP) is 0.436. The Balaban J connectivity index is 3.12. The molecule has 1 aliphatic heterocycles. The van der Waals surface area contributed by atoms with Gasteiger partial charge < -0.3 is 15.2 Å². The molecule has 0 aromatic rings. The monoisotopic (exact) mass is 211 g/mol. The van der Waals surface area contributed by atoms with Crippen molar-refractivity contribution in [1.82, 2.24) is 5.32 Å². The van der Waals surface area contributed by atoms with Crippen LogP contribution < -0.4 is 5.32 Å². The van der Waals surface area contributed by atoms with E-state index in [1.165, 1.54) is 13.2 Å². The number of aliphatic carboxylic acids is 1. The number of ether oxygens (including phenoxy) is 1. The first kappa shape index (κ1) is 11.3. The molecule has 1 unspecified atom stereocenters. The molecule has 15 heavy (non-hydrogen) atoms. The first-order valence-electron chi connectivity index (χ1n) is 4.48. The predicted molar refractivity (Wildman–Crippen MR) is 53.0 cm³/mol. The molecule has 1 heterocycles. The third-order valence-corrected chi connectivity index (χ3v) is 2.26. The number of methoxy groups -OCH3 is 1. The Bertz CT molecular complexity index is 368. The molecule has 0 saturated carbocycles. The number of dihydropyridines is 1. The number of hydrogen-bond donors (Lipinski definition) is 2. The zero-order valence-corrected chi connectivity index (χ0v) is 8.83. The van der Waals surface area contributed by atoms with Gasteiger partial charge in [-0.05, 0) is 19.9 Å². The van der Waals surface area contributed by atoms with Gasteiger partial charge >= 0.3 is 11.9 Å². The van der Waals surface area contributed by atoms with E-state index >= 15 is 0 Å². The molecule has 0 spiro atoms. The minimum Gasteiger partial charge on any atom is -0.478 e. The van der Waals surface area contributed by atoms with Crippen LogP contribution in [0.15, 0.2) is 22.9 Å². The van der Waals surface area contributed by atoms with Crippen molar-refractivity contribution in [1.29, 1.82) is 0 Å². The number of carboxylic acid groups (broad SMARTS) is 1. The second kappa shape index (κ2) is 4.16. The molecule has 5 heteroatoms. The Morgan fingerprint density at radius 3 is 2.60 bits per heavy atom. The van der Waals surface area contributed by atoms with E-state index in [1.807, 2.05) is 0 Å². The summed E-state index contributed by atoms with van der Waals surface area (Å²) in [4.78, 5) is 22.1. The quantitative estimate of drug-likeness (QED) is 0.648. The lowest BCUT2D eigenvalue weighted by Gasteiger charge is -2.22. The summed E-state index contributed by atoms with van der Waals surface area (Å²) in [6.45, 7) is 3.43. The molecule has 1 rings (SSSR count). The molecular formula is C10H13NO4. The zero-order chi connectivity index (χ0) is 11.6. The van der Waals surface area contributed by atoms with Crippen LogP contribution in [0, 0.1) is 0 Å². The van der Waals surface area contributed by atoms with Gasteiger partial charge in [0.15, 0.2) is 0 Å². The summed E-state index contributed by atoms with van der Waals surface area (Å²) in [6.07, 6.45) is 1.35. The topological polar surface area (TPSA) is 75.6 Å². The van der Waals surface area contributed by atoms with Gasteiger partial charge in [0.1, 0.15) is 0 Å². The van der Waals surface area contributed by atoms with Gasteiger partial charge in [0.2, 0.25) is 0 Å². The first-order chi connectivity index (χ1) is 6.97. The Kier molecular flexibility index (Phi) is 3.14. The number of carboxylic acids is 1. The zero-order valence-electron chi connectivity index (χ0n) is 8.83. The Morgan fingerprint density at radius 2 is 2.13 bits per heavy atom. The molecule has 0 bridgehead atoms. The molecule has 0 aliphatic carbocycles. The second-order valence-electron chi connectivity index (χ2n) is 3.30. The average Bonchev–Trinajstić information content (AvgIpc) is 2.16. The van der Waals surface area contributed by atoms with Crippen LogP contribution in [0.4, 0.5) is 0 Å². The molecule has 0 radical (unpaired) electrons. The highest BCUT2D eigenvalue weighted by atomic mass is 16.5. The smallest absolute Gasteiger partial charge is 0.339 e. The van der Waals surface area contributed by atoms with Gasteiger partial charge in [0, 0.05) is 5.70 Å². The number of esters is 1. The highest BCUT2D eigenvalue weighted by Crippen LogP contribution is 2.18. The Morgan fingerprint density at radius 1 is 1.53 bits per heavy atom. The summed E-state index contributed by atoms with van der Waals surface area (Å²) in [5.74, 6) is -1.57. The fraction of sp³-hybridized carbons (Fsp3) is 0.400. The second-order valence-corrected chi connectivity index (χ2v) is 3.30. The number of carbonyl (C=O) groups is 2. The van der Waals surface area contributed by atoms with Crippen LogP contribution in [-0.4, -0.2) is 30.2 Å². The van der Waals surface area contributed by atoms with E-state index in [4.69, 9.17) is 5.11 Å². The molecule has 0 aromatic heterocycles. The van der Waals surface area contributed by atoms with Gasteiger partial charge in [0.05, 0.1) is 24.3 Å². The van der Waals surface area contributed by atoms with Crippen LogP contribution in [0.2, 0.25) is 0 Å². The van der Waals surface area contributed by atoms with E-state index in [-0.39, 0.29) is 17.2 Å². The first-order valence-corrected chi connectivity index (χ1v) is 4.48. The van der Waals surface area contributed by atoms with Crippen molar-refractivity contribution in [2.45, 2.75) is 19.9 Å². The van der Waals surface area contributed by atoms with Gasteiger partial charge in [-0.15, -0.1) is 0 Å². The highest BCUT2D eigenvalue weighted by molar-refractivity contribution is 5.97. The third kappa shape index (κ3) is 2.18. The lowest BCUT2D eigenvalue weighted by molar-refractivity contribution is -0.135. The standard InChI is InChI=1S/C10H13NO4/c1-5-7(9(12)13)4-8(6(2)11-5)10(14)15-3/h4-5,11H,1-3H3,(H,12,13). The van der Waals surface area contributed by atoms with Gasteiger partial charge in [0.25, 0.3) is 0 Å². The van der Waals surface area contributed by atoms with Crippen molar-refractivity contribution >= 4 is 11.9 Å². The van der Waals surface area contributed by atoms with Gasteiger partial charge in [-0.2, -0.15) is 0 Å². The summed E-state index contributed by atoms with van der Waals surface area (Å²) >= 11 is 0. The largest absolute Gasteiger partial charge is 0.478 e. The van der Waals surface area contributed by atoms with Crippen molar-refractivity contribution in [2.24, 2.45) is 0 Å². The molecule has 1 atom stereocenters. The van der Waals surface area contributed by atoms with Gasteiger partial charge in [-0.3, -0.25) is 0 Å². The van der Waals surface area contributed by atoms with Crippen LogP contribution in [0.25, 0.3) is 0 Å². The number of allylic oxidation sites excluding steroid dienone is 1. The van der Waals surface area contributed by atoms with Gasteiger partial charge in [-0.25, -0.2) is 9.59 Å². The van der Waals surface area contributed by atoms with E-state index in [1.54, 1.807) is 13.8 Å². The molecule has 0 aromatic carbocycles. The molecule has 0 fully saturated rings. The molecule has 1 aliphatic rings. The molecule has 0 saturated heterocycles. The van der Waals surface area contributed by atoms with Crippen molar-refractivity contribution in [3.05, 3.63) is 22.9 Å². The summed E-state index contributed by atoms with van der Waals surface area (Å²) in [5.41, 5.74) is 1.04. The summed E-state index contributed by atoms with van der Waals surface area (Å²) in [5, 5.41) is 11.8. The van der Waals surface area contributed by atoms with Crippen molar-refractivity contribution < 1.29 is 19.4 Å². The van der Waals surface area contributed by atoms with Crippen LogP contribution >= 0.6 is 0 Å². The van der Waals surface area contributed by atoms with Crippen molar-refractivity contribution in [2.75, 3.05) is 7.11 Å². The SMILES string of the molecule is COC(=O)C1=C(C)NC(C)C(C(=O)O)=C1. The number of hydrogen-bond acceptors (Lipinski definition) is 4. The van der Waals surface area contributed by atoms with Crippen molar-refractivity contribution in [3.8, 4) is 0 Å². The Hall–Kier alpha value is -1.78. The van der Waals surface area contributed by atoms with E-state index in [2.05, 4.69) is 10.1 Å². The maximum atomic E-state index is 11.3. The number of carbonyl (C=O) groups excluding carboxylic acids is 1. The van der Waals surface area contributed by atoms with Crippen LogP contribution in [0.1, 0.15) is 13.8 Å². The fourth-order valence-corrected chi connectivity index (χ4v) is 1.44. The van der Waals surface area contributed by atoms with E-state index in [0.717, 1.165) is 0 Å². The van der Waals surface area contributed by atoms with E-state index < -0.39 is 11.9 Å². The number of nitrogens with one attached hydrogen (secondary N) is 1. The van der Waals surface area contributed by atoms with Crippen LogP contribution in [-0.2, 0) is 14.3 Å². The summed E-state index contributed by atoms with van der Waals surface area (Å²) in [6, 6.07) is -0.309. The Labute approximate surface area is 87.4 Å².